The number of carbonyl (C=O) groups is 1. The molecule has 0 aromatic heterocycles. The van der Waals surface area contributed by atoms with Crippen LogP contribution in [0, 0.1) is 0 Å². The van der Waals surface area contributed by atoms with Gasteiger partial charge < -0.3 is 4.90 Å². The van der Waals surface area contributed by atoms with Crippen LogP contribution in [-0.4, -0.2) is 26.6 Å². The first-order chi connectivity index (χ1) is 8.43. The van der Waals surface area contributed by atoms with Crippen LogP contribution in [0.2, 0.25) is 0 Å². The molecule has 0 fully saturated rings. The second kappa shape index (κ2) is 5.11. The molecule has 0 unspecified atom stereocenters. The lowest BCUT2D eigenvalue weighted by Gasteiger charge is -2.29. The van der Waals surface area contributed by atoms with E-state index in [0.29, 0.717) is 13.0 Å². The minimum atomic E-state index is -3.72. The highest BCUT2D eigenvalue weighted by Gasteiger charge is 2.23. The molecule has 0 atom stereocenters. The highest BCUT2D eigenvalue weighted by atomic mass is 35.7. The van der Waals surface area contributed by atoms with E-state index in [2.05, 4.69) is 0 Å². The zero-order chi connectivity index (χ0) is 13.3. The van der Waals surface area contributed by atoms with Crippen molar-refractivity contribution < 1.29 is 13.2 Å². The zero-order valence-corrected chi connectivity index (χ0v) is 12.1. The maximum atomic E-state index is 11.8. The first kappa shape index (κ1) is 13.7. The van der Waals surface area contributed by atoms with E-state index in [1.54, 1.807) is 17.9 Å². The van der Waals surface area contributed by atoms with Gasteiger partial charge in [0.1, 0.15) is 0 Å². The highest BCUT2D eigenvalue weighted by Crippen LogP contribution is 2.37. The number of anilines is 1. The average Bonchev–Trinajstić information content (AvgIpc) is 2.35. The standard InChI is InChI=1S/C11H12ClNO3S2/c1-2-11(14)13-5-6-17-10-7-8(18(12,15)16)3-4-9(10)13/h3-4,7H,2,5-6H2,1H3. The van der Waals surface area contributed by atoms with Crippen LogP contribution in [0.25, 0.3) is 0 Å². The van der Waals surface area contributed by atoms with Gasteiger partial charge in [-0.05, 0) is 18.2 Å². The van der Waals surface area contributed by atoms with E-state index in [-0.39, 0.29) is 10.8 Å². The summed E-state index contributed by atoms with van der Waals surface area (Å²) >= 11 is 1.53. The predicted molar refractivity (Wildman–Crippen MR) is 72.8 cm³/mol. The molecule has 98 valence electrons. The summed E-state index contributed by atoms with van der Waals surface area (Å²) in [5.41, 5.74) is 0.766. The van der Waals surface area contributed by atoms with E-state index in [1.165, 1.54) is 23.9 Å². The number of halogens is 1. The number of hydrogen-bond donors (Lipinski definition) is 0. The summed E-state index contributed by atoms with van der Waals surface area (Å²) < 4.78 is 22.5. The third-order valence-electron chi connectivity index (χ3n) is 2.68. The number of fused-ring (bicyclic) bond motifs is 1. The van der Waals surface area contributed by atoms with Crippen LogP contribution in [0.4, 0.5) is 5.69 Å². The van der Waals surface area contributed by atoms with Gasteiger partial charge in [-0.15, -0.1) is 11.8 Å². The molecule has 1 aliphatic rings. The Kier molecular flexibility index (Phi) is 3.89. The van der Waals surface area contributed by atoms with Crippen molar-refractivity contribution in [2.45, 2.75) is 23.1 Å². The number of nitrogens with zero attached hydrogens (tertiary/aromatic N) is 1. The molecule has 4 nitrogen and oxygen atoms in total. The summed E-state index contributed by atoms with van der Waals surface area (Å²) in [6.45, 7) is 2.46. The molecule has 1 aliphatic heterocycles. The minimum Gasteiger partial charge on any atom is -0.310 e. The van der Waals surface area contributed by atoms with Crippen molar-refractivity contribution in [2.24, 2.45) is 0 Å². The molecule has 1 aromatic rings. The number of rotatable bonds is 2. The van der Waals surface area contributed by atoms with Crippen LogP contribution < -0.4 is 4.90 Å². The Bertz CT molecular complexity index is 586. The molecule has 0 spiro atoms. The average molecular weight is 306 g/mol. The lowest BCUT2D eigenvalue weighted by molar-refractivity contribution is -0.118. The first-order valence-corrected chi connectivity index (χ1v) is 8.75. The maximum absolute atomic E-state index is 11.8. The van der Waals surface area contributed by atoms with Crippen LogP contribution in [0.5, 0.6) is 0 Å². The number of benzene rings is 1. The largest absolute Gasteiger partial charge is 0.310 e. The fourth-order valence-corrected chi connectivity index (χ4v) is 3.68. The third kappa shape index (κ3) is 2.65. The van der Waals surface area contributed by atoms with Crippen LogP contribution in [0.15, 0.2) is 28.0 Å². The number of hydrogen-bond acceptors (Lipinski definition) is 4. The number of amides is 1. The first-order valence-electron chi connectivity index (χ1n) is 5.45. The predicted octanol–water partition coefficient (Wildman–Crippen LogP) is 2.46. The molecular formula is C11H12ClNO3S2. The fourth-order valence-electron chi connectivity index (χ4n) is 1.80. The van der Waals surface area contributed by atoms with Crippen molar-refractivity contribution in [3.05, 3.63) is 18.2 Å². The van der Waals surface area contributed by atoms with Gasteiger partial charge in [-0.1, -0.05) is 6.92 Å². The quantitative estimate of drug-likeness (QED) is 0.788. The molecule has 1 heterocycles. The second-order valence-electron chi connectivity index (χ2n) is 3.81. The Balaban J connectivity index is 2.46. The summed E-state index contributed by atoms with van der Waals surface area (Å²) in [4.78, 5) is 14.3. The molecule has 1 amide bonds. The van der Waals surface area contributed by atoms with Crippen molar-refractivity contribution in [2.75, 3.05) is 17.2 Å². The minimum absolute atomic E-state index is 0.0398. The number of carbonyl (C=O) groups excluding carboxylic acids is 1. The van der Waals surface area contributed by atoms with Gasteiger partial charge >= 0.3 is 0 Å². The molecule has 0 N–H and O–H groups in total. The Morgan fingerprint density at radius 2 is 2.22 bits per heavy atom. The molecule has 0 radical (unpaired) electrons. The van der Waals surface area contributed by atoms with Crippen LogP contribution >= 0.6 is 22.4 Å². The van der Waals surface area contributed by atoms with Crippen molar-refractivity contribution in [3.63, 3.8) is 0 Å². The summed E-state index contributed by atoms with van der Waals surface area (Å²) in [5, 5.41) is 0. The molecule has 7 heteroatoms. The van der Waals surface area contributed by atoms with E-state index in [1.807, 2.05) is 0 Å². The van der Waals surface area contributed by atoms with Crippen molar-refractivity contribution in [1.82, 2.24) is 0 Å². The topological polar surface area (TPSA) is 54.5 Å². The Hall–Kier alpha value is -0.720. The molecule has 0 bridgehead atoms. The van der Waals surface area contributed by atoms with Gasteiger partial charge in [0.2, 0.25) is 5.91 Å². The fraction of sp³-hybridized carbons (Fsp3) is 0.364. The molecule has 0 saturated heterocycles. The van der Waals surface area contributed by atoms with Gasteiger partial charge in [0.15, 0.2) is 0 Å². The maximum Gasteiger partial charge on any atom is 0.261 e. The van der Waals surface area contributed by atoms with Crippen molar-refractivity contribution in [3.8, 4) is 0 Å². The van der Waals surface area contributed by atoms with Gasteiger partial charge in [-0.3, -0.25) is 4.79 Å². The monoisotopic (exact) mass is 305 g/mol. The normalized spacial score (nSPS) is 15.3. The Morgan fingerprint density at radius 3 is 2.83 bits per heavy atom. The van der Waals surface area contributed by atoms with E-state index in [0.717, 1.165) is 16.3 Å². The van der Waals surface area contributed by atoms with E-state index >= 15 is 0 Å². The van der Waals surface area contributed by atoms with Gasteiger partial charge in [-0.2, -0.15) is 0 Å². The zero-order valence-electron chi connectivity index (χ0n) is 9.72. The summed E-state index contributed by atoms with van der Waals surface area (Å²) in [7, 11) is 1.59. The molecule has 18 heavy (non-hydrogen) atoms. The lowest BCUT2D eigenvalue weighted by Crippen LogP contribution is -2.34. The van der Waals surface area contributed by atoms with E-state index in [4.69, 9.17) is 10.7 Å². The van der Waals surface area contributed by atoms with Crippen LogP contribution in [0.1, 0.15) is 13.3 Å². The summed E-state index contributed by atoms with van der Waals surface area (Å²) in [6, 6.07) is 4.60. The van der Waals surface area contributed by atoms with E-state index < -0.39 is 9.05 Å². The van der Waals surface area contributed by atoms with Crippen LogP contribution in [0.3, 0.4) is 0 Å². The van der Waals surface area contributed by atoms with Gasteiger partial charge in [0, 0.05) is 34.3 Å². The highest BCUT2D eigenvalue weighted by molar-refractivity contribution is 8.13. The summed E-state index contributed by atoms with van der Waals surface area (Å²) in [6.07, 6.45) is 0.430. The molecule has 1 aromatic carbocycles. The van der Waals surface area contributed by atoms with Gasteiger partial charge in [-0.25, -0.2) is 8.42 Å². The SMILES string of the molecule is CCC(=O)N1CCSc2cc(S(=O)(=O)Cl)ccc21. The summed E-state index contributed by atoms with van der Waals surface area (Å²) in [5.74, 6) is 0.794. The molecular weight excluding hydrogens is 294 g/mol. The van der Waals surface area contributed by atoms with Crippen molar-refractivity contribution in [1.29, 1.82) is 0 Å². The van der Waals surface area contributed by atoms with E-state index in [9.17, 15) is 13.2 Å². The van der Waals surface area contributed by atoms with Gasteiger partial charge in [0.05, 0.1) is 10.6 Å². The second-order valence-corrected chi connectivity index (χ2v) is 7.52. The lowest BCUT2D eigenvalue weighted by atomic mass is 10.2. The molecule has 0 aliphatic carbocycles. The molecule has 2 rings (SSSR count). The van der Waals surface area contributed by atoms with Crippen LogP contribution in [-0.2, 0) is 13.8 Å². The Labute approximate surface area is 115 Å². The van der Waals surface area contributed by atoms with Gasteiger partial charge in [0.25, 0.3) is 9.05 Å². The third-order valence-corrected chi connectivity index (χ3v) is 5.06. The Morgan fingerprint density at radius 1 is 1.50 bits per heavy atom. The molecule has 0 saturated carbocycles. The number of thioether (sulfide) groups is 1. The van der Waals surface area contributed by atoms with Crippen molar-refractivity contribution >= 4 is 43.1 Å². The smallest absolute Gasteiger partial charge is 0.261 e.